The van der Waals surface area contributed by atoms with Crippen LogP contribution in [0.5, 0.6) is 0 Å². The maximum Gasteiger partial charge on any atom is 0.252 e. The highest BCUT2D eigenvalue weighted by atomic mass is 19.1. The summed E-state index contributed by atoms with van der Waals surface area (Å²) in [6, 6.07) is 7.57. The van der Waals surface area contributed by atoms with Crippen LogP contribution < -0.4 is 11.1 Å². The number of hydrogen-bond donors (Lipinski definition) is 2. The first-order valence-electron chi connectivity index (χ1n) is 10.6. The minimum absolute atomic E-state index is 0.0154. The number of aromatic nitrogens is 2. The lowest BCUT2D eigenvalue weighted by molar-refractivity contribution is -0.112. The molecule has 2 aliphatic carbocycles. The van der Waals surface area contributed by atoms with E-state index in [0.717, 1.165) is 24.0 Å². The molecular weight excluding hydrogens is 405 g/mol. The summed E-state index contributed by atoms with van der Waals surface area (Å²) in [5, 5.41) is 13.1. The predicted molar refractivity (Wildman–Crippen MR) is 121 cm³/mol. The van der Waals surface area contributed by atoms with E-state index in [9.17, 15) is 9.18 Å². The molecule has 0 radical (unpaired) electrons. The van der Waals surface area contributed by atoms with Crippen molar-refractivity contribution in [3.63, 3.8) is 0 Å². The molecule has 1 aromatic carbocycles. The Morgan fingerprint density at radius 3 is 2.69 bits per heavy atom. The second kappa shape index (κ2) is 7.41. The lowest BCUT2D eigenvalue weighted by Crippen LogP contribution is -2.15. The highest BCUT2D eigenvalue weighted by Crippen LogP contribution is 2.59. The van der Waals surface area contributed by atoms with Gasteiger partial charge in [0.2, 0.25) is 0 Å². The van der Waals surface area contributed by atoms with Crippen LogP contribution in [0.4, 0.5) is 15.9 Å². The number of aryl methyl sites for hydroxylation is 1. The van der Waals surface area contributed by atoms with Crippen LogP contribution in [0.1, 0.15) is 25.3 Å². The molecule has 2 aliphatic rings. The number of amides is 1. The Morgan fingerprint density at radius 1 is 1.25 bits per heavy atom. The number of nitrogen functional groups attached to an aromatic ring is 1. The Labute approximate surface area is 185 Å². The summed E-state index contributed by atoms with van der Waals surface area (Å²) in [4.78, 5) is 21.2. The zero-order valence-corrected chi connectivity index (χ0v) is 17.8. The van der Waals surface area contributed by atoms with Crippen molar-refractivity contribution in [1.82, 2.24) is 9.97 Å². The number of allylic oxidation sites excluding steroid dienone is 1. The van der Waals surface area contributed by atoms with Gasteiger partial charge < -0.3 is 11.1 Å². The Bertz CT molecular complexity index is 1340. The molecule has 3 N–H and O–H groups in total. The smallest absolute Gasteiger partial charge is 0.252 e. The minimum Gasteiger partial charge on any atom is -0.396 e. The van der Waals surface area contributed by atoms with Gasteiger partial charge in [-0.15, -0.1) is 0 Å². The van der Waals surface area contributed by atoms with E-state index in [1.165, 1.54) is 6.20 Å². The average Bonchev–Trinajstić information content (AvgIpc) is 3.26. The number of nitriles is 1. The maximum atomic E-state index is 15.0. The molecule has 0 spiro atoms. The van der Waals surface area contributed by atoms with Gasteiger partial charge in [-0.1, -0.05) is 5.57 Å². The number of hydrogen-bond acceptors (Lipinski definition) is 5. The van der Waals surface area contributed by atoms with Gasteiger partial charge >= 0.3 is 0 Å². The summed E-state index contributed by atoms with van der Waals surface area (Å²) in [5.41, 5.74) is 9.80. The Kier molecular flexibility index (Phi) is 4.66. The first kappa shape index (κ1) is 20.1. The lowest BCUT2D eigenvalue weighted by Gasteiger charge is -2.13. The van der Waals surface area contributed by atoms with E-state index >= 15 is 0 Å². The fourth-order valence-electron chi connectivity index (χ4n) is 4.83. The van der Waals surface area contributed by atoms with Crippen molar-refractivity contribution < 1.29 is 9.18 Å². The fourth-order valence-corrected chi connectivity index (χ4v) is 4.83. The first-order valence-corrected chi connectivity index (χ1v) is 10.6. The number of halogens is 1. The average molecular weight is 427 g/mol. The topological polar surface area (TPSA) is 105 Å². The molecule has 6 nitrogen and oxygen atoms in total. The van der Waals surface area contributed by atoms with Crippen molar-refractivity contribution in [3.05, 3.63) is 59.3 Å². The molecule has 3 atom stereocenters. The number of pyridine rings is 2. The van der Waals surface area contributed by atoms with Crippen LogP contribution in [0.2, 0.25) is 0 Å². The molecule has 5 rings (SSSR count). The Hall–Kier alpha value is -3.79. The van der Waals surface area contributed by atoms with Crippen molar-refractivity contribution >= 4 is 28.2 Å². The number of nitrogens with two attached hydrogens (primary N) is 1. The van der Waals surface area contributed by atoms with E-state index in [1.54, 1.807) is 24.5 Å². The molecule has 2 heterocycles. The summed E-state index contributed by atoms with van der Waals surface area (Å²) in [7, 11) is 0. The first-order chi connectivity index (χ1) is 15.4. The van der Waals surface area contributed by atoms with Crippen molar-refractivity contribution in [2.75, 3.05) is 11.1 Å². The molecule has 3 aromatic rings. The SMILES string of the molecule is C/C(C(=O)Nc1cc2cc(-c3cnccc3C)c(F)c(N)c2cn1)=C1/C[C@@H]2[C@H](C#N)[C@@H]2C1. The summed E-state index contributed by atoms with van der Waals surface area (Å²) < 4.78 is 15.0. The normalized spacial score (nSPS) is 22.9. The number of benzene rings is 1. The second-order valence-electron chi connectivity index (χ2n) is 8.71. The van der Waals surface area contributed by atoms with Gasteiger partial charge in [-0.2, -0.15) is 5.26 Å². The quantitative estimate of drug-likeness (QED) is 0.463. The van der Waals surface area contributed by atoms with E-state index in [4.69, 9.17) is 11.0 Å². The number of anilines is 2. The number of nitrogens with zero attached hydrogens (tertiary/aromatic N) is 3. The summed E-state index contributed by atoms with van der Waals surface area (Å²) in [5.74, 6) is 0.622. The maximum absolute atomic E-state index is 15.0. The molecule has 1 amide bonds. The monoisotopic (exact) mass is 427 g/mol. The molecular formula is C25H22FN5O. The number of nitrogens with one attached hydrogen (secondary N) is 1. The van der Waals surface area contributed by atoms with Gasteiger partial charge in [0.25, 0.3) is 5.91 Å². The van der Waals surface area contributed by atoms with Gasteiger partial charge in [0.1, 0.15) is 5.82 Å². The standard InChI is InChI=1S/C25H22FN5O/c1-12-3-4-29-10-20(12)18-7-15-8-22(30-11-21(15)24(28)23(18)26)31-25(32)13(2)14-5-16-17(6-14)19(16)9-27/h3-4,7-8,10-11,16-17,19H,5-6,28H2,1-2H3,(H,30,31,32)/b14-13-/t16-,17+,19-/m1/s1. The lowest BCUT2D eigenvalue weighted by atomic mass is 9.98. The molecule has 0 unspecified atom stereocenters. The Balaban J connectivity index is 1.45. The largest absolute Gasteiger partial charge is 0.396 e. The summed E-state index contributed by atoms with van der Waals surface area (Å²) >= 11 is 0. The van der Waals surface area contributed by atoms with Crippen LogP contribution in [-0.4, -0.2) is 15.9 Å². The molecule has 0 saturated heterocycles. The number of fused-ring (bicyclic) bond motifs is 2. The predicted octanol–water partition coefficient (Wildman–Crippen LogP) is 4.76. The van der Waals surface area contributed by atoms with Gasteiger partial charge in [0.15, 0.2) is 5.82 Å². The van der Waals surface area contributed by atoms with Crippen LogP contribution in [0.3, 0.4) is 0 Å². The van der Waals surface area contributed by atoms with Crippen molar-refractivity contribution in [2.45, 2.75) is 26.7 Å². The highest BCUT2D eigenvalue weighted by molar-refractivity contribution is 6.05. The van der Waals surface area contributed by atoms with Gasteiger partial charge in [-0.3, -0.25) is 9.78 Å². The second-order valence-corrected chi connectivity index (χ2v) is 8.71. The van der Waals surface area contributed by atoms with Crippen LogP contribution in [0.15, 0.2) is 47.9 Å². The molecule has 2 aromatic heterocycles. The Morgan fingerprint density at radius 2 is 2.00 bits per heavy atom. The zero-order chi connectivity index (χ0) is 22.6. The van der Waals surface area contributed by atoms with E-state index in [1.807, 2.05) is 19.9 Å². The van der Waals surface area contributed by atoms with Crippen molar-refractivity contribution in [2.24, 2.45) is 17.8 Å². The molecule has 0 aliphatic heterocycles. The third-order valence-electron chi connectivity index (χ3n) is 6.89. The molecule has 7 heteroatoms. The van der Waals surface area contributed by atoms with E-state index < -0.39 is 5.82 Å². The van der Waals surface area contributed by atoms with Gasteiger partial charge in [-0.05, 0) is 67.7 Å². The molecule has 2 saturated carbocycles. The molecule has 2 fully saturated rings. The van der Waals surface area contributed by atoms with Gasteiger partial charge in [-0.25, -0.2) is 9.37 Å². The summed E-state index contributed by atoms with van der Waals surface area (Å²) in [6.45, 7) is 3.70. The van der Waals surface area contributed by atoms with Gasteiger partial charge in [0.05, 0.1) is 17.7 Å². The van der Waals surface area contributed by atoms with Crippen LogP contribution in [0.25, 0.3) is 21.9 Å². The fraction of sp³-hybridized carbons (Fsp3) is 0.280. The van der Waals surface area contributed by atoms with E-state index in [2.05, 4.69) is 21.4 Å². The van der Waals surface area contributed by atoms with Gasteiger partial charge in [0, 0.05) is 40.7 Å². The molecule has 160 valence electrons. The van der Waals surface area contributed by atoms with Crippen molar-refractivity contribution in [3.8, 4) is 17.2 Å². The van der Waals surface area contributed by atoms with E-state index in [0.29, 0.717) is 45.1 Å². The molecule has 32 heavy (non-hydrogen) atoms. The van der Waals surface area contributed by atoms with Crippen molar-refractivity contribution in [1.29, 1.82) is 5.26 Å². The number of rotatable bonds is 3. The minimum atomic E-state index is -0.511. The van der Waals surface area contributed by atoms with Crippen LogP contribution >= 0.6 is 0 Å². The highest BCUT2D eigenvalue weighted by Gasteiger charge is 2.55. The third-order valence-corrected chi connectivity index (χ3v) is 6.89. The molecule has 0 bridgehead atoms. The van der Waals surface area contributed by atoms with E-state index in [-0.39, 0.29) is 17.5 Å². The third kappa shape index (κ3) is 3.19. The zero-order valence-electron chi connectivity index (χ0n) is 17.8. The summed E-state index contributed by atoms with van der Waals surface area (Å²) in [6.07, 6.45) is 6.38. The number of carbonyl (C=O) groups excluding carboxylic acids is 1. The van der Waals surface area contributed by atoms with Crippen LogP contribution in [-0.2, 0) is 4.79 Å². The van der Waals surface area contributed by atoms with Crippen LogP contribution in [0, 0.1) is 41.8 Å². The number of carbonyl (C=O) groups is 1.